The van der Waals surface area contributed by atoms with Gasteiger partial charge >= 0.3 is 67.5 Å². The van der Waals surface area contributed by atoms with E-state index in [4.69, 9.17) is 0 Å². The van der Waals surface area contributed by atoms with Gasteiger partial charge in [0.15, 0.2) is 0 Å². The molecule has 0 N–H and O–H groups in total. The molecule has 0 spiro atoms. The Kier molecular flexibility index (Phi) is 2.10. The fourth-order valence-corrected chi connectivity index (χ4v) is 1.21. The topological polar surface area (TPSA) is 0 Å². The summed E-state index contributed by atoms with van der Waals surface area (Å²) in [6.07, 6.45) is 0. The Labute approximate surface area is 67.7 Å². The molecule has 1 heteroatoms. The van der Waals surface area contributed by atoms with Crippen molar-refractivity contribution in [3.05, 3.63) is 29.3 Å². The van der Waals surface area contributed by atoms with Crippen LogP contribution >= 0.6 is 0 Å². The van der Waals surface area contributed by atoms with Crippen LogP contribution in [-0.2, 0) is 20.4 Å². The van der Waals surface area contributed by atoms with E-state index in [9.17, 15) is 0 Å². The molecule has 0 bridgehead atoms. The summed E-state index contributed by atoms with van der Waals surface area (Å²) in [6, 6.07) is 6.50. The van der Waals surface area contributed by atoms with Crippen LogP contribution in [-0.4, -0.2) is 0 Å². The SMILES string of the molecule is Cc1cc[c]([Ti])cc1C. The summed E-state index contributed by atoms with van der Waals surface area (Å²) in [5, 5.41) is 0. The van der Waals surface area contributed by atoms with Crippen LogP contribution in [0.1, 0.15) is 11.1 Å². The minimum atomic E-state index is 1.35. The zero-order chi connectivity index (χ0) is 6.85. The van der Waals surface area contributed by atoms with E-state index < -0.39 is 0 Å². The van der Waals surface area contributed by atoms with E-state index in [1.165, 1.54) is 15.0 Å². The maximum absolute atomic E-state index is 2.20. The van der Waals surface area contributed by atoms with E-state index in [-0.39, 0.29) is 0 Å². The standard InChI is InChI=1S/C8H9.Ti/c1-7-5-3-4-6-8(7)2;/h3,5-6H,1-2H3;. The summed E-state index contributed by atoms with van der Waals surface area (Å²) in [5.74, 6) is 0. The summed E-state index contributed by atoms with van der Waals surface area (Å²) < 4.78 is 1.35. The van der Waals surface area contributed by atoms with Gasteiger partial charge in [0.1, 0.15) is 0 Å². The molecule has 0 aromatic heterocycles. The zero-order valence-corrected chi connectivity index (χ0v) is 7.29. The number of hydrogen-bond donors (Lipinski definition) is 0. The first-order valence-corrected chi connectivity index (χ1v) is 3.77. The van der Waals surface area contributed by atoms with Crippen molar-refractivity contribution in [3.63, 3.8) is 0 Å². The molecule has 0 fully saturated rings. The van der Waals surface area contributed by atoms with Gasteiger partial charge in [-0.25, -0.2) is 0 Å². The summed E-state index contributed by atoms with van der Waals surface area (Å²) in [6.45, 7) is 4.27. The van der Waals surface area contributed by atoms with Gasteiger partial charge in [0.25, 0.3) is 0 Å². The molecule has 0 aliphatic heterocycles. The van der Waals surface area contributed by atoms with Crippen molar-refractivity contribution in [2.75, 3.05) is 0 Å². The normalized spacial score (nSPS) is 9.44. The van der Waals surface area contributed by atoms with Crippen molar-refractivity contribution < 1.29 is 20.4 Å². The molecule has 0 saturated heterocycles. The second-order valence-electron chi connectivity index (χ2n) is 2.30. The Hall–Kier alpha value is -0.0657. The third kappa shape index (κ3) is 1.67. The number of benzene rings is 1. The van der Waals surface area contributed by atoms with E-state index in [2.05, 4.69) is 52.5 Å². The van der Waals surface area contributed by atoms with Gasteiger partial charge in [-0.15, -0.1) is 0 Å². The van der Waals surface area contributed by atoms with Crippen LogP contribution in [0.4, 0.5) is 0 Å². The van der Waals surface area contributed by atoms with Crippen LogP contribution in [0.2, 0.25) is 0 Å². The molecule has 0 heterocycles. The molecule has 0 nitrogen and oxygen atoms in total. The van der Waals surface area contributed by atoms with E-state index in [1.807, 2.05) is 0 Å². The molecule has 1 aromatic rings. The minimum absolute atomic E-state index is 1.35. The molecule has 45 valence electrons. The maximum atomic E-state index is 2.20. The van der Waals surface area contributed by atoms with Crippen LogP contribution in [0, 0.1) is 13.8 Å². The Bertz CT molecular complexity index is 216. The fraction of sp³-hybridized carbons (Fsp3) is 0.250. The van der Waals surface area contributed by atoms with Crippen LogP contribution in [0.3, 0.4) is 0 Å². The van der Waals surface area contributed by atoms with Crippen LogP contribution in [0.15, 0.2) is 18.2 Å². The molecule has 0 atom stereocenters. The van der Waals surface area contributed by atoms with Gasteiger partial charge in [-0.2, -0.15) is 0 Å². The summed E-state index contributed by atoms with van der Waals surface area (Å²) in [4.78, 5) is 0. The van der Waals surface area contributed by atoms with E-state index in [1.54, 1.807) is 0 Å². The van der Waals surface area contributed by atoms with Crippen molar-refractivity contribution in [1.29, 1.82) is 0 Å². The molecule has 0 aliphatic carbocycles. The summed E-state index contributed by atoms with van der Waals surface area (Å²) >= 11 is 2.12. The first-order chi connectivity index (χ1) is 4.20. The molecule has 0 radical (unpaired) electrons. The van der Waals surface area contributed by atoms with Gasteiger partial charge in [0, 0.05) is 0 Å². The van der Waals surface area contributed by atoms with Gasteiger partial charge in [-0.05, 0) is 0 Å². The van der Waals surface area contributed by atoms with E-state index in [0.717, 1.165) is 0 Å². The quantitative estimate of drug-likeness (QED) is 0.495. The summed E-state index contributed by atoms with van der Waals surface area (Å²) in [7, 11) is 0. The predicted molar refractivity (Wildman–Crippen MR) is 35.5 cm³/mol. The Morgan fingerprint density at radius 1 is 1.11 bits per heavy atom. The Morgan fingerprint density at radius 2 is 1.78 bits per heavy atom. The van der Waals surface area contributed by atoms with Crippen molar-refractivity contribution in [1.82, 2.24) is 0 Å². The number of aryl methyl sites for hydroxylation is 2. The van der Waals surface area contributed by atoms with Gasteiger partial charge in [-0.3, -0.25) is 0 Å². The van der Waals surface area contributed by atoms with Crippen molar-refractivity contribution in [2.45, 2.75) is 13.8 Å². The van der Waals surface area contributed by atoms with E-state index in [0.29, 0.717) is 0 Å². The fourth-order valence-electron chi connectivity index (χ4n) is 0.741. The molecule has 0 saturated carbocycles. The van der Waals surface area contributed by atoms with Crippen LogP contribution in [0.5, 0.6) is 0 Å². The van der Waals surface area contributed by atoms with Gasteiger partial charge < -0.3 is 0 Å². The molecular weight excluding hydrogens is 144 g/mol. The van der Waals surface area contributed by atoms with Crippen molar-refractivity contribution >= 4 is 3.87 Å². The second-order valence-corrected chi connectivity index (χ2v) is 3.20. The molecule has 0 aliphatic rings. The predicted octanol–water partition coefficient (Wildman–Crippen LogP) is 1.48. The first kappa shape index (κ1) is 7.05. The average Bonchev–Trinajstić information content (AvgIpc) is 1.80. The van der Waals surface area contributed by atoms with E-state index >= 15 is 0 Å². The Morgan fingerprint density at radius 3 is 2.22 bits per heavy atom. The van der Waals surface area contributed by atoms with Gasteiger partial charge in [0.2, 0.25) is 0 Å². The third-order valence-electron chi connectivity index (χ3n) is 1.51. The van der Waals surface area contributed by atoms with Crippen molar-refractivity contribution in [3.8, 4) is 0 Å². The molecule has 1 rings (SSSR count). The zero-order valence-electron chi connectivity index (χ0n) is 5.73. The monoisotopic (exact) mass is 153 g/mol. The number of hydrogen-bond acceptors (Lipinski definition) is 0. The van der Waals surface area contributed by atoms with Crippen LogP contribution in [0.25, 0.3) is 0 Å². The van der Waals surface area contributed by atoms with Crippen molar-refractivity contribution in [2.24, 2.45) is 0 Å². The average molecular weight is 153 g/mol. The Balaban J connectivity index is 3.17. The molecular formula is C8H9Ti. The van der Waals surface area contributed by atoms with Gasteiger partial charge in [-0.1, -0.05) is 0 Å². The summed E-state index contributed by atoms with van der Waals surface area (Å²) in [5.41, 5.74) is 2.76. The molecule has 0 unspecified atom stereocenters. The van der Waals surface area contributed by atoms with Crippen LogP contribution < -0.4 is 3.87 Å². The molecule has 1 aromatic carbocycles. The molecule has 9 heavy (non-hydrogen) atoms. The van der Waals surface area contributed by atoms with Gasteiger partial charge in [0.05, 0.1) is 0 Å². The first-order valence-electron chi connectivity index (χ1n) is 2.99. The molecule has 0 amide bonds. The third-order valence-corrected chi connectivity index (χ3v) is 1.99. The number of rotatable bonds is 0. The second kappa shape index (κ2) is 2.68.